The van der Waals surface area contributed by atoms with Crippen LogP contribution in [-0.2, 0) is 32.6 Å². The highest BCUT2D eigenvalue weighted by Crippen LogP contribution is 2.33. The Morgan fingerprint density at radius 2 is 1.43 bits per heavy atom. The summed E-state index contributed by atoms with van der Waals surface area (Å²) in [5.74, 6) is -0.151. The molecule has 1 unspecified atom stereocenters. The Bertz CT molecular complexity index is 1720. The highest BCUT2D eigenvalue weighted by atomic mass is 79.9. The standard InChI is InChI=1S/C35H38BrN3O6S/c1-25(2)37-35(41)32(22-26-10-6-5-7-11-26)38(23-27-14-16-28(36)17-15-27)34(40)24-39(31-12-8-9-13-33(31)45-4)46(42,43)30-20-18-29(44-3)19-21-30/h5-21,25,32H,22-24H2,1-4H3,(H,37,41). The van der Waals surface area contributed by atoms with Gasteiger partial charge in [0.05, 0.1) is 24.8 Å². The van der Waals surface area contributed by atoms with Gasteiger partial charge in [0.1, 0.15) is 24.1 Å². The van der Waals surface area contributed by atoms with E-state index in [1.54, 1.807) is 36.4 Å². The van der Waals surface area contributed by atoms with Crippen molar-refractivity contribution in [2.75, 3.05) is 25.1 Å². The number of amides is 2. The molecular formula is C35H38BrN3O6S. The number of rotatable bonds is 14. The molecule has 0 spiro atoms. The van der Waals surface area contributed by atoms with Crippen LogP contribution >= 0.6 is 15.9 Å². The van der Waals surface area contributed by atoms with E-state index < -0.39 is 28.5 Å². The van der Waals surface area contributed by atoms with E-state index in [0.717, 1.165) is 19.9 Å². The van der Waals surface area contributed by atoms with E-state index >= 15 is 0 Å². The lowest BCUT2D eigenvalue weighted by molar-refractivity contribution is -0.140. The number of nitrogens with zero attached hydrogens (tertiary/aromatic N) is 2. The fourth-order valence-electron chi connectivity index (χ4n) is 4.95. The Morgan fingerprint density at radius 3 is 2.04 bits per heavy atom. The molecule has 0 radical (unpaired) electrons. The molecule has 1 atom stereocenters. The number of sulfonamides is 1. The Balaban J connectivity index is 1.83. The maximum atomic E-state index is 14.6. The predicted octanol–water partition coefficient (Wildman–Crippen LogP) is 5.83. The van der Waals surface area contributed by atoms with E-state index in [1.165, 1.54) is 31.3 Å². The molecule has 0 saturated heterocycles. The molecule has 1 N–H and O–H groups in total. The Morgan fingerprint density at radius 1 is 0.804 bits per heavy atom. The maximum Gasteiger partial charge on any atom is 0.264 e. The number of carbonyl (C=O) groups is 2. The zero-order valence-electron chi connectivity index (χ0n) is 26.2. The topological polar surface area (TPSA) is 105 Å². The molecule has 0 fully saturated rings. The van der Waals surface area contributed by atoms with Gasteiger partial charge in [0.2, 0.25) is 11.8 Å². The van der Waals surface area contributed by atoms with Gasteiger partial charge in [-0.2, -0.15) is 0 Å². The molecule has 0 saturated carbocycles. The minimum absolute atomic E-state index is 0.0372. The highest BCUT2D eigenvalue weighted by molar-refractivity contribution is 9.10. The van der Waals surface area contributed by atoms with Crippen molar-refractivity contribution in [1.82, 2.24) is 10.2 Å². The molecule has 9 nitrogen and oxygen atoms in total. The summed E-state index contributed by atoms with van der Waals surface area (Å²) in [5.41, 5.74) is 1.81. The van der Waals surface area contributed by atoms with Crippen LogP contribution in [0.2, 0.25) is 0 Å². The van der Waals surface area contributed by atoms with Crippen LogP contribution in [0, 0.1) is 0 Å². The van der Waals surface area contributed by atoms with Gasteiger partial charge in [0.25, 0.3) is 10.0 Å². The number of carbonyl (C=O) groups excluding carboxylic acids is 2. The van der Waals surface area contributed by atoms with Crippen LogP contribution in [-0.4, -0.2) is 58.0 Å². The van der Waals surface area contributed by atoms with Crippen LogP contribution in [0.15, 0.2) is 112 Å². The fraction of sp³-hybridized carbons (Fsp3) is 0.257. The van der Waals surface area contributed by atoms with Gasteiger partial charge in [-0.15, -0.1) is 0 Å². The van der Waals surface area contributed by atoms with Crippen molar-refractivity contribution < 1.29 is 27.5 Å². The number of nitrogens with one attached hydrogen (secondary N) is 1. The van der Waals surface area contributed by atoms with Crippen molar-refractivity contribution in [2.45, 2.75) is 43.8 Å². The summed E-state index contributed by atoms with van der Waals surface area (Å²) in [7, 11) is -1.37. The van der Waals surface area contributed by atoms with Gasteiger partial charge < -0.3 is 19.7 Å². The summed E-state index contributed by atoms with van der Waals surface area (Å²) in [6, 6.07) is 28.3. The van der Waals surface area contributed by atoms with E-state index in [9.17, 15) is 18.0 Å². The van der Waals surface area contributed by atoms with Gasteiger partial charge >= 0.3 is 0 Å². The van der Waals surface area contributed by atoms with E-state index in [2.05, 4.69) is 21.2 Å². The van der Waals surface area contributed by atoms with E-state index in [4.69, 9.17) is 9.47 Å². The maximum absolute atomic E-state index is 14.6. The zero-order valence-corrected chi connectivity index (χ0v) is 28.6. The first-order valence-corrected chi connectivity index (χ1v) is 16.9. The number of hydrogen-bond donors (Lipinski definition) is 1. The molecule has 4 rings (SSSR count). The number of methoxy groups -OCH3 is 2. The molecule has 0 bridgehead atoms. The summed E-state index contributed by atoms with van der Waals surface area (Å²) < 4.78 is 41.2. The molecule has 242 valence electrons. The molecule has 4 aromatic carbocycles. The molecule has 2 amide bonds. The van der Waals surface area contributed by atoms with Crippen molar-refractivity contribution in [3.8, 4) is 11.5 Å². The average molecular weight is 709 g/mol. The van der Waals surface area contributed by atoms with E-state index in [1.807, 2.05) is 68.4 Å². The van der Waals surface area contributed by atoms with Crippen LogP contribution in [0.3, 0.4) is 0 Å². The molecule has 0 aliphatic rings. The summed E-state index contributed by atoms with van der Waals surface area (Å²) in [6.45, 7) is 3.18. The first kappa shape index (κ1) is 34.5. The number of hydrogen-bond acceptors (Lipinski definition) is 6. The van der Waals surface area contributed by atoms with Gasteiger partial charge in [0.15, 0.2) is 0 Å². The fourth-order valence-corrected chi connectivity index (χ4v) is 6.63. The van der Waals surface area contributed by atoms with Gasteiger partial charge in [-0.1, -0.05) is 70.5 Å². The molecule has 0 aliphatic heterocycles. The summed E-state index contributed by atoms with van der Waals surface area (Å²) in [6.07, 6.45) is 0.224. The number of benzene rings is 4. The Hall–Kier alpha value is -4.35. The highest BCUT2D eigenvalue weighted by Gasteiger charge is 2.35. The van der Waals surface area contributed by atoms with Crippen LogP contribution in [0.5, 0.6) is 11.5 Å². The van der Waals surface area contributed by atoms with Gasteiger partial charge in [-0.05, 0) is 73.5 Å². The number of para-hydroxylation sites is 2. The summed E-state index contributed by atoms with van der Waals surface area (Å²) >= 11 is 3.45. The van der Waals surface area contributed by atoms with Crippen LogP contribution in [0.4, 0.5) is 5.69 Å². The molecule has 46 heavy (non-hydrogen) atoms. The lowest BCUT2D eigenvalue weighted by Crippen LogP contribution is -2.54. The van der Waals surface area contributed by atoms with Crippen molar-refractivity contribution in [3.05, 3.63) is 119 Å². The Kier molecular flexibility index (Phi) is 11.8. The molecule has 0 aromatic heterocycles. The average Bonchev–Trinajstić information content (AvgIpc) is 3.06. The van der Waals surface area contributed by atoms with Crippen molar-refractivity contribution >= 4 is 43.5 Å². The molecule has 11 heteroatoms. The summed E-state index contributed by atoms with van der Waals surface area (Å²) in [5, 5.41) is 2.96. The van der Waals surface area contributed by atoms with E-state index in [0.29, 0.717) is 5.75 Å². The molecule has 0 aliphatic carbocycles. The van der Waals surface area contributed by atoms with Crippen molar-refractivity contribution in [3.63, 3.8) is 0 Å². The zero-order chi connectivity index (χ0) is 33.3. The minimum Gasteiger partial charge on any atom is -0.497 e. The predicted molar refractivity (Wildman–Crippen MR) is 182 cm³/mol. The first-order chi connectivity index (χ1) is 22.0. The lowest BCUT2D eigenvalue weighted by atomic mass is 10.0. The number of ether oxygens (including phenoxy) is 2. The third-order valence-electron chi connectivity index (χ3n) is 7.25. The monoisotopic (exact) mass is 707 g/mol. The Labute approximate surface area is 279 Å². The first-order valence-electron chi connectivity index (χ1n) is 14.7. The van der Waals surface area contributed by atoms with Crippen LogP contribution in [0.25, 0.3) is 0 Å². The molecular weight excluding hydrogens is 670 g/mol. The van der Waals surface area contributed by atoms with Gasteiger partial charge in [-0.25, -0.2) is 8.42 Å². The SMILES string of the molecule is COc1ccc(S(=O)(=O)N(CC(=O)N(Cc2ccc(Br)cc2)C(Cc2ccccc2)C(=O)NC(C)C)c2ccccc2OC)cc1. The third kappa shape index (κ3) is 8.67. The quantitative estimate of drug-likeness (QED) is 0.177. The second-order valence-corrected chi connectivity index (χ2v) is 13.7. The van der Waals surface area contributed by atoms with Gasteiger partial charge in [0, 0.05) is 23.5 Å². The number of halogens is 1. The minimum atomic E-state index is -4.30. The van der Waals surface area contributed by atoms with Crippen LogP contribution in [0.1, 0.15) is 25.0 Å². The largest absolute Gasteiger partial charge is 0.497 e. The normalized spacial score (nSPS) is 11.9. The van der Waals surface area contributed by atoms with E-state index in [-0.39, 0.29) is 41.2 Å². The smallest absolute Gasteiger partial charge is 0.264 e. The second kappa shape index (κ2) is 15.8. The molecule has 0 heterocycles. The third-order valence-corrected chi connectivity index (χ3v) is 9.55. The van der Waals surface area contributed by atoms with Crippen molar-refractivity contribution in [1.29, 1.82) is 0 Å². The second-order valence-electron chi connectivity index (χ2n) is 10.9. The lowest BCUT2D eigenvalue weighted by Gasteiger charge is -2.34. The summed E-state index contributed by atoms with van der Waals surface area (Å²) in [4.78, 5) is 29.8. The van der Waals surface area contributed by atoms with Crippen LogP contribution < -0.4 is 19.1 Å². The van der Waals surface area contributed by atoms with Crippen molar-refractivity contribution in [2.24, 2.45) is 0 Å². The number of anilines is 1. The molecule has 4 aromatic rings. The van der Waals surface area contributed by atoms with Gasteiger partial charge in [-0.3, -0.25) is 13.9 Å².